The van der Waals surface area contributed by atoms with E-state index in [9.17, 15) is 0 Å². The summed E-state index contributed by atoms with van der Waals surface area (Å²) in [7, 11) is 3.25. The fourth-order valence-electron chi connectivity index (χ4n) is 2.11. The lowest BCUT2D eigenvalue weighted by atomic mass is 10.0. The van der Waals surface area contributed by atoms with Crippen LogP contribution in [0.5, 0.6) is 0 Å². The Hall–Kier alpha value is -1.78. The molecule has 1 aromatic rings. The van der Waals surface area contributed by atoms with Gasteiger partial charge in [-0.3, -0.25) is 0 Å². The molecule has 0 aromatic carbocycles. The molecule has 0 saturated carbocycles. The van der Waals surface area contributed by atoms with Gasteiger partial charge in [-0.1, -0.05) is 13.8 Å². The molecule has 0 N–H and O–H groups in total. The molecule has 104 valence electrons. The minimum atomic E-state index is -0.180. The van der Waals surface area contributed by atoms with Gasteiger partial charge in [-0.15, -0.1) is 0 Å². The van der Waals surface area contributed by atoms with Gasteiger partial charge in [0.15, 0.2) is 0 Å². The third-order valence-corrected chi connectivity index (χ3v) is 3.11. The fraction of sp³-hybridized carbons (Fsp3) is 0.571. The van der Waals surface area contributed by atoms with Crippen LogP contribution in [0.25, 0.3) is 0 Å². The van der Waals surface area contributed by atoms with Gasteiger partial charge in [-0.2, -0.15) is 0 Å². The van der Waals surface area contributed by atoms with Crippen molar-refractivity contribution in [2.24, 2.45) is 15.9 Å². The Bertz CT molecular complexity index is 463. The molecule has 5 nitrogen and oxygen atoms in total. The third-order valence-electron chi connectivity index (χ3n) is 3.11. The van der Waals surface area contributed by atoms with E-state index < -0.39 is 0 Å². The number of furan rings is 1. The van der Waals surface area contributed by atoms with Crippen molar-refractivity contribution in [3.63, 3.8) is 0 Å². The molecule has 0 fully saturated rings. The molecule has 2 rings (SSSR count). The van der Waals surface area contributed by atoms with Crippen molar-refractivity contribution in [1.29, 1.82) is 0 Å². The van der Waals surface area contributed by atoms with Crippen molar-refractivity contribution in [2.75, 3.05) is 14.2 Å². The van der Waals surface area contributed by atoms with Crippen LogP contribution in [0, 0.1) is 5.92 Å². The van der Waals surface area contributed by atoms with E-state index >= 15 is 0 Å². The fourth-order valence-corrected chi connectivity index (χ4v) is 2.11. The van der Waals surface area contributed by atoms with Gasteiger partial charge in [0.1, 0.15) is 17.8 Å². The molecule has 0 saturated heterocycles. The summed E-state index contributed by atoms with van der Waals surface area (Å²) in [6, 6.07) is 3.53. The van der Waals surface area contributed by atoms with Gasteiger partial charge in [0, 0.05) is 6.42 Å². The van der Waals surface area contributed by atoms with E-state index in [1.165, 1.54) is 0 Å². The molecule has 0 bridgehead atoms. The Morgan fingerprint density at radius 1 is 1.21 bits per heavy atom. The van der Waals surface area contributed by atoms with E-state index in [1.54, 1.807) is 20.5 Å². The highest BCUT2D eigenvalue weighted by atomic mass is 16.5. The second-order valence-corrected chi connectivity index (χ2v) is 4.83. The molecule has 19 heavy (non-hydrogen) atoms. The van der Waals surface area contributed by atoms with Crippen LogP contribution in [0.2, 0.25) is 0 Å². The summed E-state index contributed by atoms with van der Waals surface area (Å²) < 4.78 is 16.1. The lowest BCUT2D eigenvalue weighted by Gasteiger charge is -2.26. The van der Waals surface area contributed by atoms with Gasteiger partial charge in [0.05, 0.1) is 20.5 Å². The highest BCUT2D eigenvalue weighted by Crippen LogP contribution is 2.19. The van der Waals surface area contributed by atoms with Crippen molar-refractivity contribution >= 4 is 11.8 Å². The Kier molecular flexibility index (Phi) is 4.24. The Balaban J connectivity index is 2.22. The van der Waals surface area contributed by atoms with E-state index in [-0.39, 0.29) is 12.1 Å². The standard InChI is InChI=1S/C14H20N2O3/c1-9(2)12-14(18-4)15-11(13(16-12)17-3)8-10-6-5-7-19-10/h5-7,9,11-12H,8H2,1-4H3/t11-,12-/m0/s1. The number of hydrogen-bond donors (Lipinski definition) is 0. The van der Waals surface area contributed by atoms with Crippen LogP contribution in [-0.2, 0) is 15.9 Å². The van der Waals surface area contributed by atoms with E-state index in [0.717, 1.165) is 5.76 Å². The summed E-state index contributed by atoms with van der Waals surface area (Å²) in [4.78, 5) is 9.22. The monoisotopic (exact) mass is 264 g/mol. The van der Waals surface area contributed by atoms with Gasteiger partial charge in [-0.25, -0.2) is 9.98 Å². The minimum absolute atomic E-state index is 0.0761. The average Bonchev–Trinajstić information content (AvgIpc) is 2.90. The molecule has 1 aromatic heterocycles. The number of nitrogens with zero attached hydrogens (tertiary/aromatic N) is 2. The molecule has 2 atom stereocenters. The van der Waals surface area contributed by atoms with Gasteiger partial charge in [0.2, 0.25) is 11.8 Å². The van der Waals surface area contributed by atoms with Crippen LogP contribution in [-0.4, -0.2) is 38.1 Å². The van der Waals surface area contributed by atoms with Crippen molar-refractivity contribution < 1.29 is 13.9 Å². The molecule has 0 radical (unpaired) electrons. The summed E-state index contributed by atoms with van der Waals surface area (Å²) in [5.74, 6) is 2.47. The van der Waals surface area contributed by atoms with Crippen LogP contribution < -0.4 is 0 Å². The highest BCUT2D eigenvalue weighted by molar-refractivity contribution is 5.94. The maximum Gasteiger partial charge on any atom is 0.209 e. The maximum absolute atomic E-state index is 5.37. The maximum atomic E-state index is 5.37. The summed E-state index contributed by atoms with van der Waals surface area (Å²) >= 11 is 0. The molecule has 1 aliphatic rings. The Morgan fingerprint density at radius 3 is 2.47 bits per heavy atom. The lowest BCUT2D eigenvalue weighted by molar-refractivity contribution is 0.330. The molecule has 0 amide bonds. The van der Waals surface area contributed by atoms with Crippen LogP contribution >= 0.6 is 0 Å². The topological polar surface area (TPSA) is 56.3 Å². The SMILES string of the molecule is COC1=N[C@@H](C(C)C)C(OC)=N[C@H]1Cc1ccco1. The van der Waals surface area contributed by atoms with Crippen LogP contribution in [0.15, 0.2) is 32.8 Å². The smallest absolute Gasteiger partial charge is 0.209 e. The quantitative estimate of drug-likeness (QED) is 0.841. The number of aliphatic imine (C=N–C) groups is 2. The highest BCUT2D eigenvalue weighted by Gasteiger charge is 2.31. The average molecular weight is 264 g/mol. The summed E-state index contributed by atoms with van der Waals surface area (Å²) in [6.45, 7) is 4.17. The van der Waals surface area contributed by atoms with E-state index in [2.05, 4.69) is 23.8 Å². The van der Waals surface area contributed by atoms with E-state index in [1.807, 2.05) is 12.1 Å². The predicted octanol–water partition coefficient (Wildman–Crippen LogP) is 2.32. The molecule has 5 heteroatoms. The van der Waals surface area contributed by atoms with Gasteiger partial charge < -0.3 is 13.9 Å². The zero-order chi connectivity index (χ0) is 13.8. The summed E-state index contributed by atoms with van der Waals surface area (Å²) in [5.41, 5.74) is 0. The largest absolute Gasteiger partial charge is 0.483 e. The second kappa shape index (κ2) is 5.91. The number of ether oxygens (including phenoxy) is 2. The van der Waals surface area contributed by atoms with E-state index in [4.69, 9.17) is 13.9 Å². The zero-order valence-corrected chi connectivity index (χ0v) is 11.8. The van der Waals surface area contributed by atoms with Gasteiger partial charge >= 0.3 is 0 Å². The zero-order valence-electron chi connectivity index (χ0n) is 11.8. The van der Waals surface area contributed by atoms with Crippen molar-refractivity contribution in [3.8, 4) is 0 Å². The summed E-state index contributed by atoms with van der Waals surface area (Å²) in [6.07, 6.45) is 2.27. The molecular weight excluding hydrogens is 244 g/mol. The van der Waals surface area contributed by atoms with Crippen molar-refractivity contribution in [2.45, 2.75) is 32.4 Å². The van der Waals surface area contributed by atoms with E-state index in [0.29, 0.717) is 24.1 Å². The molecule has 0 unspecified atom stereocenters. The van der Waals surface area contributed by atoms with Gasteiger partial charge in [0.25, 0.3) is 0 Å². The third kappa shape index (κ3) is 2.97. The first kappa shape index (κ1) is 13.6. The summed E-state index contributed by atoms with van der Waals surface area (Å²) in [5, 5.41) is 0. The molecular formula is C14H20N2O3. The first-order valence-corrected chi connectivity index (χ1v) is 6.41. The van der Waals surface area contributed by atoms with Crippen molar-refractivity contribution in [1.82, 2.24) is 0 Å². The van der Waals surface area contributed by atoms with Crippen LogP contribution in [0.3, 0.4) is 0 Å². The Morgan fingerprint density at radius 2 is 1.95 bits per heavy atom. The molecule has 0 spiro atoms. The van der Waals surface area contributed by atoms with Gasteiger partial charge in [-0.05, 0) is 18.1 Å². The molecule has 0 aliphatic carbocycles. The normalized spacial score (nSPS) is 23.0. The van der Waals surface area contributed by atoms with Crippen molar-refractivity contribution in [3.05, 3.63) is 24.2 Å². The van der Waals surface area contributed by atoms with Crippen LogP contribution in [0.1, 0.15) is 19.6 Å². The molecule has 2 heterocycles. The number of rotatable bonds is 3. The molecule has 1 aliphatic heterocycles. The first-order chi connectivity index (χ1) is 9.15. The minimum Gasteiger partial charge on any atom is -0.483 e. The van der Waals surface area contributed by atoms with Crippen LogP contribution in [0.4, 0.5) is 0 Å². The predicted molar refractivity (Wildman–Crippen MR) is 73.7 cm³/mol. The lowest BCUT2D eigenvalue weighted by Crippen LogP contribution is -2.38. The Labute approximate surface area is 113 Å². The number of methoxy groups -OCH3 is 2. The first-order valence-electron chi connectivity index (χ1n) is 6.41. The second-order valence-electron chi connectivity index (χ2n) is 4.83. The number of hydrogen-bond acceptors (Lipinski definition) is 5.